The van der Waals surface area contributed by atoms with Crippen molar-refractivity contribution in [2.45, 2.75) is 19.8 Å². The summed E-state index contributed by atoms with van der Waals surface area (Å²) in [5.41, 5.74) is 0.892. The number of piperidine rings is 1. The van der Waals surface area contributed by atoms with Crippen LogP contribution in [-0.4, -0.2) is 45.1 Å². The quantitative estimate of drug-likeness (QED) is 0.782. The Morgan fingerprint density at radius 1 is 1.35 bits per heavy atom. The molecule has 1 unspecified atom stereocenters. The van der Waals surface area contributed by atoms with Crippen LogP contribution in [0.5, 0.6) is 5.75 Å². The lowest BCUT2D eigenvalue weighted by atomic mass is 9.85. The molecule has 1 atom stereocenters. The van der Waals surface area contributed by atoms with E-state index in [2.05, 4.69) is 26.5 Å². The Labute approximate surface area is 153 Å². The predicted molar refractivity (Wildman–Crippen MR) is 101 cm³/mol. The van der Waals surface area contributed by atoms with Gasteiger partial charge < -0.3 is 9.64 Å². The normalized spacial score (nSPS) is 17.4. The zero-order valence-electron chi connectivity index (χ0n) is 15.1. The molecule has 1 aromatic carbocycles. The van der Waals surface area contributed by atoms with Crippen molar-refractivity contribution in [2.24, 2.45) is 17.0 Å². The topological polar surface area (TPSA) is 110 Å². The van der Waals surface area contributed by atoms with Gasteiger partial charge in [0.2, 0.25) is 0 Å². The number of benzene rings is 1. The van der Waals surface area contributed by atoms with Crippen LogP contribution >= 0.6 is 0 Å². The molecule has 1 aliphatic rings. The van der Waals surface area contributed by atoms with Gasteiger partial charge in [-0.15, -0.1) is 0 Å². The van der Waals surface area contributed by atoms with Crippen LogP contribution in [0, 0.1) is 11.8 Å². The average Bonchev–Trinajstić information content (AvgIpc) is 2.64. The highest BCUT2D eigenvalue weighted by Gasteiger charge is 2.26. The third-order valence-corrected chi connectivity index (χ3v) is 5.64. The highest BCUT2D eigenvalue weighted by Crippen LogP contribution is 2.31. The standard InChI is InChI=1S/C17H25N5O3S/c1-12(10-21-26(18,23)24)13-5-7-22(8-6-13)17-15-9-14(25-2)3-4-16(15)19-11-20-17/h3-4,9,11-13,21H,5-8,10H2,1-2H3,(H2,18,23,24). The van der Waals surface area contributed by atoms with Crippen LogP contribution in [0.15, 0.2) is 24.5 Å². The minimum absolute atomic E-state index is 0.234. The van der Waals surface area contributed by atoms with Gasteiger partial charge >= 0.3 is 0 Å². The maximum atomic E-state index is 11.1. The summed E-state index contributed by atoms with van der Waals surface area (Å²) in [7, 11) is -1.99. The first-order chi connectivity index (χ1) is 12.4. The van der Waals surface area contributed by atoms with Crippen LogP contribution in [0.4, 0.5) is 5.82 Å². The maximum absolute atomic E-state index is 11.1. The van der Waals surface area contributed by atoms with Crippen LogP contribution in [0.3, 0.4) is 0 Å². The second-order valence-corrected chi connectivity index (χ2v) is 8.15. The second kappa shape index (κ2) is 7.73. The van der Waals surface area contributed by atoms with E-state index in [-0.39, 0.29) is 5.92 Å². The van der Waals surface area contributed by atoms with Crippen LogP contribution in [0.1, 0.15) is 19.8 Å². The van der Waals surface area contributed by atoms with Gasteiger partial charge in [0, 0.05) is 25.0 Å². The van der Waals surface area contributed by atoms with E-state index >= 15 is 0 Å². The van der Waals surface area contributed by atoms with Crippen molar-refractivity contribution in [2.75, 3.05) is 31.6 Å². The zero-order chi connectivity index (χ0) is 18.7. The summed E-state index contributed by atoms with van der Waals surface area (Å²) < 4.78 is 29.9. The van der Waals surface area contributed by atoms with Crippen molar-refractivity contribution in [3.63, 3.8) is 0 Å². The van der Waals surface area contributed by atoms with Gasteiger partial charge in [0.1, 0.15) is 17.9 Å². The van der Waals surface area contributed by atoms with E-state index in [1.807, 2.05) is 18.2 Å². The van der Waals surface area contributed by atoms with Crippen LogP contribution in [0.2, 0.25) is 0 Å². The summed E-state index contributed by atoms with van der Waals surface area (Å²) in [5.74, 6) is 2.38. The lowest BCUT2D eigenvalue weighted by Gasteiger charge is -2.35. The molecular formula is C17H25N5O3S. The predicted octanol–water partition coefficient (Wildman–Crippen LogP) is 1.28. The number of nitrogens with zero attached hydrogens (tertiary/aromatic N) is 3. The minimum atomic E-state index is -3.63. The van der Waals surface area contributed by atoms with Gasteiger partial charge in [-0.2, -0.15) is 8.42 Å². The molecule has 0 spiro atoms. The zero-order valence-corrected chi connectivity index (χ0v) is 15.9. The summed E-state index contributed by atoms with van der Waals surface area (Å²) in [4.78, 5) is 11.1. The third kappa shape index (κ3) is 4.40. The van der Waals surface area contributed by atoms with E-state index in [1.54, 1.807) is 13.4 Å². The Morgan fingerprint density at radius 3 is 2.73 bits per heavy atom. The van der Waals surface area contributed by atoms with Crippen molar-refractivity contribution in [3.05, 3.63) is 24.5 Å². The van der Waals surface area contributed by atoms with Crippen molar-refractivity contribution in [1.29, 1.82) is 0 Å². The van der Waals surface area contributed by atoms with Gasteiger partial charge in [-0.25, -0.2) is 19.8 Å². The fraction of sp³-hybridized carbons (Fsp3) is 0.529. The maximum Gasteiger partial charge on any atom is 0.274 e. The second-order valence-electron chi connectivity index (χ2n) is 6.78. The number of nitrogens with two attached hydrogens (primary N) is 1. The molecule has 0 radical (unpaired) electrons. The van der Waals surface area contributed by atoms with E-state index in [0.717, 1.165) is 48.4 Å². The Kier molecular flexibility index (Phi) is 5.59. The van der Waals surface area contributed by atoms with E-state index in [0.29, 0.717) is 12.5 Å². The molecule has 0 bridgehead atoms. The van der Waals surface area contributed by atoms with Gasteiger partial charge in [-0.3, -0.25) is 0 Å². The van der Waals surface area contributed by atoms with E-state index in [9.17, 15) is 8.42 Å². The molecule has 0 aliphatic carbocycles. The lowest BCUT2D eigenvalue weighted by molar-refractivity contribution is 0.292. The Bertz CT molecular complexity index is 866. The van der Waals surface area contributed by atoms with E-state index in [1.165, 1.54) is 0 Å². The minimum Gasteiger partial charge on any atom is -0.497 e. The number of nitrogens with one attached hydrogen (secondary N) is 1. The van der Waals surface area contributed by atoms with Crippen LogP contribution in [0.25, 0.3) is 10.9 Å². The molecule has 2 heterocycles. The fourth-order valence-electron chi connectivity index (χ4n) is 3.50. The molecule has 9 heteroatoms. The molecule has 8 nitrogen and oxygen atoms in total. The largest absolute Gasteiger partial charge is 0.497 e. The van der Waals surface area contributed by atoms with Gasteiger partial charge in [0.05, 0.1) is 12.6 Å². The lowest BCUT2D eigenvalue weighted by Crippen LogP contribution is -2.40. The molecule has 0 amide bonds. The fourth-order valence-corrected chi connectivity index (χ4v) is 3.99. The average molecular weight is 379 g/mol. The smallest absolute Gasteiger partial charge is 0.274 e. The number of hydrogen-bond donors (Lipinski definition) is 2. The SMILES string of the molecule is COc1ccc2ncnc(N3CCC(C(C)CNS(N)(=O)=O)CC3)c2c1. The molecule has 1 saturated heterocycles. The van der Waals surface area contributed by atoms with Gasteiger partial charge in [0.25, 0.3) is 10.2 Å². The molecular weight excluding hydrogens is 354 g/mol. The van der Waals surface area contributed by atoms with Crippen molar-refractivity contribution < 1.29 is 13.2 Å². The number of rotatable bonds is 6. The summed E-state index contributed by atoms with van der Waals surface area (Å²) in [6, 6.07) is 5.80. The first-order valence-electron chi connectivity index (χ1n) is 8.68. The van der Waals surface area contributed by atoms with Gasteiger partial charge in [-0.1, -0.05) is 6.92 Å². The molecule has 26 heavy (non-hydrogen) atoms. The number of fused-ring (bicyclic) bond motifs is 1. The molecule has 1 fully saturated rings. The Morgan fingerprint density at radius 2 is 2.08 bits per heavy atom. The summed E-state index contributed by atoms with van der Waals surface area (Å²) in [5, 5.41) is 6.00. The molecule has 142 valence electrons. The number of methoxy groups -OCH3 is 1. The number of aromatic nitrogens is 2. The summed E-state index contributed by atoms with van der Waals surface area (Å²) >= 11 is 0. The van der Waals surface area contributed by atoms with Crippen molar-refractivity contribution in [3.8, 4) is 5.75 Å². The highest BCUT2D eigenvalue weighted by molar-refractivity contribution is 7.87. The number of anilines is 1. The number of hydrogen-bond acceptors (Lipinski definition) is 6. The summed E-state index contributed by atoms with van der Waals surface area (Å²) in [6.07, 6.45) is 3.54. The van der Waals surface area contributed by atoms with Crippen LogP contribution in [-0.2, 0) is 10.2 Å². The monoisotopic (exact) mass is 379 g/mol. The van der Waals surface area contributed by atoms with Crippen molar-refractivity contribution in [1.82, 2.24) is 14.7 Å². The van der Waals surface area contributed by atoms with Gasteiger partial charge in [-0.05, 0) is 42.9 Å². The Balaban J connectivity index is 1.69. The molecule has 1 aliphatic heterocycles. The van der Waals surface area contributed by atoms with E-state index in [4.69, 9.17) is 9.88 Å². The first-order valence-corrected chi connectivity index (χ1v) is 10.2. The van der Waals surface area contributed by atoms with Gasteiger partial charge in [0.15, 0.2) is 0 Å². The van der Waals surface area contributed by atoms with Crippen LogP contribution < -0.4 is 19.5 Å². The molecule has 3 N–H and O–H groups in total. The highest BCUT2D eigenvalue weighted by atomic mass is 32.2. The molecule has 1 aromatic heterocycles. The molecule has 2 aromatic rings. The molecule has 0 saturated carbocycles. The number of ether oxygens (including phenoxy) is 1. The third-order valence-electron chi connectivity index (χ3n) is 5.07. The first kappa shape index (κ1) is 18.8. The summed E-state index contributed by atoms with van der Waals surface area (Å²) in [6.45, 7) is 4.17. The van der Waals surface area contributed by atoms with E-state index < -0.39 is 10.2 Å². The molecule has 3 rings (SSSR count). The van der Waals surface area contributed by atoms with Crippen molar-refractivity contribution >= 4 is 26.9 Å². The Hall–Kier alpha value is -1.97.